The second-order valence-corrected chi connectivity index (χ2v) is 7.66. The van der Waals surface area contributed by atoms with Crippen molar-refractivity contribution in [1.82, 2.24) is 4.90 Å². The second kappa shape index (κ2) is 3.58. The zero-order chi connectivity index (χ0) is 13.0. The van der Waals surface area contributed by atoms with Crippen molar-refractivity contribution in [3.63, 3.8) is 0 Å². The Morgan fingerprint density at radius 3 is 2.24 bits per heavy atom. The highest BCUT2D eigenvalue weighted by Gasteiger charge is 2.39. The molecule has 0 spiro atoms. The molecule has 94 valence electrons. The van der Waals surface area contributed by atoms with Crippen LogP contribution in [0.2, 0.25) is 0 Å². The van der Waals surface area contributed by atoms with Gasteiger partial charge >= 0.3 is 0 Å². The number of hydrogen-bond acceptors (Lipinski definition) is 2. The number of thiophene rings is 1. The summed E-state index contributed by atoms with van der Waals surface area (Å²) in [4.78, 5) is 15.7. The van der Waals surface area contributed by atoms with Crippen LogP contribution in [0.25, 0.3) is 0 Å². The van der Waals surface area contributed by atoms with E-state index in [0.717, 1.165) is 12.1 Å². The summed E-state index contributed by atoms with van der Waals surface area (Å²) in [7, 11) is 0. The largest absolute Gasteiger partial charge is 0.329 e. The lowest BCUT2D eigenvalue weighted by atomic mass is 9.91. The van der Waals surface area contributed by atoms with Crippen LogP contribution in [0, 0.1) is 0 Å². The molecule has 17 heavy (non-hydrogen) atoms. The lowest BCUT2D eigenvalue weighted by Crippen LogP contribution is -2.41. The van der Waals surface area contributed by atoms with Gasteiger partial charge in [0.2, 0.25) is 0 Å². The highest BCUT2D eigenvalue weighted by Crippen LogP contribution is 2.40. The Balaban J connectivity index is 2.45. The fourth-order valence-corrected chi connectivity index (χ4v) is 3.36. The SMILES string of the molecule is CC(C)(C)c1scc2c1C(=O)N(C(C)(C)C)C2. The van der Waals surface area contributed by atoms with E-state index in [1.165, 1.54) is 10.4 Å². The van der Waals surface area contributed by atoms with Crippen molar-refractivity contribution in [2.45, 2.75) is 59.0 Å². The van der Waals surface area contributed by atoms with Gasteiger partial charge in [-0.25, -0.2) is 0 Å². The lowest BCUT2D eigenvalue weighted by Gasteiger charge is -2.32. The van der Waals surface area contributed by atoms with Gasteiger partial charge in [0.25, 0.3) is 5.91 Å². The van der Waals surface area contributed by atoms with Crippen molar-refractivity contribution in [1.29, 1.82) is 0 Å². The number of carbonyl (C=O) groups is 1. The summed E-state index contributed by atoms with van der Waals surface area (Å²) in [5.74, 6) is 0.207. The summed E-state index contributed by atoms with van der Waals surface area (Å²) < 4.78 is 0. The minimum Gasteiger partial charge on any atom is -0.329 e. The molecule has 0 atom stereocenters. The van der Waals surface area contributed by atoms with Crippen LogP contribution in [-0.4, -0.2) is 16.3 Å². The molecular weight excluding hydrogens is 230 g/mol. The van der Waals surface area contributed by atoms with Gasteiger partial charge in [0.1, 0.15) is 0 Å². The lowest BCUT2D eigenvalue weighted by molar-refractivity contribution is 0.0608. The van der Waals surface area contributed by atoms with Gasteiger partial charge in [-0.15, -0.1) is 11.3 Å². The Kier molecular flexibility index (Phi) is 2.66. The van der Waals surface area contributed by atoms with Crippen LogP contribution >= 0.6 is 11.3 Å². The summed E-state index contributed by atoms with van der Waals surface area (Å²) in [6.07, 6.45) is 0. The smallest absolute Gasteiger partial charge is 0.256 e. The highest BCUT2D eigenvalue weighted by molar-refractivity contribution is 7.10. The maximum absolute atomic E-state index is 12.5. The first kappa shape index (κ1) is 12.6. The van der Waals surface area contributed by atoms with Crippen molar-refractivity contribution < 1.29 is 4.79 Å². The zero-order valence-electron chi connectivity index (χ0n) is 11.5. The molecule has 0 bridgehead atoms. The minimum atomic E-state index is -0.0943. The van der Waals surface area contributed by atoms with Crippen LogP contribution in [0.3, 0.4) is 0 Å². The van der Waals surface area contributed by atoms with Crippen LogP contribution in [0.1, 0.15) is 62.3 Å². The third-order valence-electron chi connectivity index (χ3n) is 3.15. The summed E-state index contributed by atoms with van der Waals surface area (Å²) in [6.45, 7) is 13.6. The molecule has 2 nitrogen and oxygen atoms in total. The third-order valence-corrected chi connectivity index (χ3v) is 4.60. The maximum atomic E-state index is 12.5. The first-order valence-corrected chi connectivity index (χ1v) is 6.93. The van der Waals surface area contributed by atoms with Crippen molar-refractivity contribution in [2.24, 2.45) is 0 Å². The monoisotopic (exact) mass is 251 g/mol. The molecule has 0 saturated heterocycles. The molecule has 1 aromatic heterocycles. The van der Waals surface area contributed by atoms with Crippen LogP contribution in [0.15, 0.2) is 5.38 Å². The maximum Gasteiger partial charge on any atom is 0.256 e. The predicted molar refractivity (Wildman–Crippen MR) is 72.6 cm³/mol. The van der Waals surface area contributed by atoms with E-state index >= 15 is 0 Å². The molecule has 0 N–H and O–H groups in total. The molecule has 3 heteroatoms. The predicted octanol–water partition coefficient (Wildman–Crippen LogP) is 3.80. The molecule has 0 saturated carbocycles. The van der Waals surface area contributed by atoms with Gasteiger partial charge < -0.3 is 4.90 Å². The number of fused-ring (bicyclic) bond motifs is 1. The van der Waals surface area contributed by atoms with E-state index < -0.39 is 0 Å². The number of rotatable bonds is 0. The molecule has 1 amide bonds. The molecule has 1 aromatic rings. The third kappa shape index (κ3) is 2.01. The van der Waals surface area contributed by atoms with Gasteiger partial charge in [0, 0.05) is 17.0 Å². The summed E-state index contributed by atoms with van der Waals surface area (Å²) in [6, 6.07) is 0. The van der Waals surface area contributed by atoms with Gasteiger partial charge in [-0.05, 0) is 37.1 Å². The Morgan fingerprint density at radius 1 is 1.18 bits per heavy atom. The number of amides is 1. The van der Waals surface area contributed by atoms with E-state index in [4.69, 9.17) is 0 Å². The quantitative estimate of drug-likeness (QED) is 0.687. The molecule has 0 aliphatic carbocycles. The number of nitrogens with zero attached hydrogens (tertiary/aromatic N) is 1. The van der Waals surface area contributed by atoms with E-state index in [1.54, 1.807) is 11.3 Å². The molecular formula is C14H21NOS. The molecule has 2 rings (SSSR count). The summed E-state index contributed by atoms with van der Waals surface area (Å²) in [5, 5.41) is 2.15. The Bertz CT molecular complexity index is 460. The molecule has 0 fully saturated rings. The van der Waals surface area contributed by atoms with Gasteiger partial charge in [0.05, 0.1) is 5.56 Å². The average Bonchev–Trinajstić information content (AvgIpc) is 2.63. The average molecular weight is 251 g/mol. The van der Waals surface area contributed by atoms with Crippen LogP contribution in [0.5, 0.6) is 0 Å². The first-order valence-electron chi connectivity index (χ1n) is 6.05. The van der Waals surface area contributed by atoms with E-state index in [9.17, 15) is 4.79 Å². The van der Waals surface area contributed by atoms with Gasteiger partial charge in [-0.3, -0.25) is 4.79 Å². The molecule has 0 aromatic carbocycles. The van der Waals surface area contributed by atoms with Crippen LogP contribution in [-0.2, 0) is 12.0 Å². The van der Waals surface area contributed by atoms with E-state index in [1.807, 2.05) is 4.90 Å². The van der Waals surface area contributed by atoms with Gasteiger partial charge in [-0.2, -0.15) is 0 Å². The Hall–Kier alpha value is -0.830. The van der Waals surface area contributed by atoms with Crippen molar-refractivity contribution >= 4 is 17.2 Å². The summed E-state index contributed by atoms with van der Waals surface area (Å²) in [5.41, 5.74) is 2.14. The van der Waals surface area contributed by atoms with E-state index in [2.05, 4.69) is 46.9 Å². The Labute approximate surface area is 108 Å². The fourth-order valence-electron chi connectivity index (χ4n) is 2.22. The molecule has 2 heterocycles. The summed E-state index contributed by atoms with van der Waals surface area (Å²) >= 11 is 1.73. The topological polar surface area (TPSA) is 20.3 Å². The molecule has 0 radical (unpaired) electrons. The van der Waals surface area contributed by atoms with Gasteiger partial charge in [-0.1, -0.05) is 20.8 Å². The highest BCUT2D eigenvalue weighted by atomic mass is 32.1. The Morgan fingerprint density at radius 2 is 1.76 bits per heavy atom. The molecule has 1 aliphatic heterocycles. The molecule has 1 aliphatic rings. The normalized spacial score (nSPS) is 16.6. The van der Waals surface area contributed by atoms with Crippen molar-refractivity contribution in [3.8, 4) is 0 Å². The minimum absolute atomic E-state index is 0.0573. The second-order valence-electron chi connectivity index (χ2n) is 6.78. The van der Waals surface area contributed by atoms with Crippen molar-refractivity contribution in [3.05, 3.63) is 21.4 Å². The first-order chi connectivity index (χ1) is 7.62. The van der Waals surface area contributed by atoms with E-state index in [-0.39, 0.29) is 16.9 Å². The van der Waals surface area contributed by atoms with Crippen LogP contribution in [0.4, 0.5) is 0 Å². The fraction of sp³-hybridized carbons (Fsp3) is 0.643. The number of carbonyl (C=O) groups excluding carboxylic acids is 1. The number of hydrogen-bond donors (Lipinski definition) is 0. The van der Waals surface area contributed by atoms with Crippen LogP contribution < -0.4 is 0 Å². The molecule has 0 unspecified atom stereocenters. The van der Waals surface area contributed by atoms with Crippen molar-refractivity contribution in [2.75, 3.05) is 0 Å². The van der Waals surface area contributed by atoms with E-state index in [0.29, 0.717) is 0 Å². The van der Waals surface area contributed by atoms with Gasteiger partial charge in [0.15, 0.2) is 0 Å². The zero-order valence-corrected chi connectivity index (χ0v) is 12.4. The standard InChI is InChI=1S/C14H21NOS/c1-13(2,3)11-10-9(8-17-11)7-15(12(10)16)14(4,5)6/h8H,7H2,1-6H3.